The third kappa shape index (κ3) is 3.54. The third-order valence-electron chi connectivity index (χ3n) is 3.17. The lowest BCUT2D eigenvalue weighted by Crippen LogP contribution is -2.34. The van der Waals surface area contributed by atoms with Gasteiger partial charge in [0.05, 0.1) is 11.7 Å². The molecule has 0 aromatic heterocycles. The molecule has 2 atom stereocenters. The Kier molecular flexibility index (Phi) is 4.16. The topological polar surface area (TPSA) is 75.6 Å². The molecule has 1 heterocycles. The number of carboxylic acid groups (broad SMARTS) is 1. The van der Waals surface area contributed by atoms with E-state index in [1.807, 2.05) is 6.92 Å². The van der Waals surface area contributed by atoms with E-state index in [0.29, 0.717) is 6.54 Å². The molecule has 19 heavy (non-hydrogen) atoms. The van der Waals surface area contributed by atoms with Gasteiger partial charge in [-0.1, -0.05) is 12.1 Å². The molecule has 1 fully saturated rings. The van der Waals surface area contributed by atoms with Gasteiger partial charge >= 0.3 is 5.97 Å². The fourth-order valence-electron chi connectivity index (χ4n) is 2.11. The predicted molar refractivity (Wildman–Crippen MR) is 68.8 cm³/mol. The third-order valence-corrected chi connectivity index (χ3v) is 3.17. The van der Waals surface area contributed by atoms with Crippen molar-refractivity contribution in [3.05, 3.63) is 35.4 Å². The van der Waals surface area contributed by atoms with E-state index < -0.39 is 5.97 Å². The molecule has 5 heteroatoms. The van der Waals surface area contributed by atoms with Crippen LogP contribution in [0, 0.1) is 0 Å². The standard InChI is InChI=1S/C14H17NO4/c1-9-5-6-12(19-9)13(16)15-8-10-3-2-4-11(7-10)14(17)18/h2-4,7,9,12H,5-6,8H2,1H3,(H,15,16)(H,17,18)/t9-,12+/m1/s1. The van der Waals surface area contributed by atoms with E-state index in [-0.39, 0.29) is 23.7 Å². The fourth-order valence-corrected chi connectivity index (χ4v) is 2.11. The second-order valence-electron chi connectivity index (χ2n) is 4.74. The summed E-state index contributed by atoms with van der Waals surface area (Å²) in [5.41, 5.74) is 0.983. The Bertz CT molecular complexity index is 486. The van der Waals surface area contributed by atoms with Crippen LogP contribution in [-0.4, -0.2) is 29.2 Å². The summed E-state index contributed by atoms with van der Waals surface area (Å²) in [5.74, 6) is -1.11. The van der Waals surface area contributed by atoms with Crippen LogP contribution in [0.5, 0.6) is 0 Å². The summed E-state index contributed by atoms with van der Waals surface area (Å²) in [6, 6.07) is 6.53. The Morgan fingerprint density at radius 3 is 2.84 bits per heavy atom. The van der Waals surface area contributed by atoms with Crippen molar-refractivity contribution in [2.75, 3.05) is 0 Å². The number of hydrogen-bond acceptors (Lipinski definition) is 3. The summed E-state index contributed by atoms with van der Waals surface area (Å²) in [6.07, 6.45) is 1.39. The molecule has 0 aliphatic carbocycles. The highest BCUT2D eigenvalue weighted by Crippen LogP contribution is 2.19. The highest BCUT2D eigenvalue weighted by molar-refractivity contribution is 5.87. The Balaban J connectivity index is 1.90. The van der Waals surface area contributed by atoms with Gasteiger partial charge in [-0.15, -0.1) is 0 Å². The van der Waals surface area contributed by atoms with Gasteiger partial charge in [0.15, 0.2) is 0 Å². The van der Waals surface area contributed by atoms with Crippen molar-refractivity contribution in [3.63, 3.8) is 0 Å². The van der Waals surface area contributed by atoms with Crippen molar-refractivity contribution in [1.82, 2.24) is 5.32 Å². The minimum absolute atomic E-state index is 0.131. The Labute approximate surface area is 111 Å². The molecular weight excluding hydrogens is 246 g/mol. The highest BCUT2D eigenvalue weighted by Gasteiger charge is 2.27. The molecule has 1 aromatic rings. The van der Waals surface area contributed by atoms with Crippen LogP contribution in [0.15, 0.2) is 24.3 Å². The first-order chi connectivity index (χ1) is 9.06. The monoisotopic (exact) mass is 263 g/mol. The molecule has 0 unspecified atom stereocenters. The highest BCUT2D eigenvalue weighted by atomic mass is 16.5. The molecule has 5 nitrogen and oxygen atoms in total. The van der Waals surface area contributed by atoms with E-state index in [1.165, 1.54) is 6.07 Å². The number of nitrogens with one attached hydrogen (secondary N) is 1. The average molecular weight is 263 g/mol. The maximum atomic E-state index is 11.8. The lowest BCUT2D eigenvalue weighted by molar-refractivity contribution is -0.131. The van der Waals surface area contributed by atoms with Crippen LogP contribution in [0.2, 0.25) is 0 Å². The number of amides is 1. The van der Waals surface area contributed by atoms with E-state index in [4.69, 9.17) is 9.84 Å². The molecule has 1 aromatic carbocycles. The molecule has 1 aliphatic heterocycles. The van der Waals surface area contributed by atoms with Crippen molar-refractivity contribution in [1.29, 1.82) is 0 Å². The molecule has 1 aliphatic rings. The van der Waals surface area contributed by atoms with Crippen molar-refractivity contribution in [2.24, 2.45) is 0 Å². The lowest BCUT2D eigenvalue weighted by atomic mass is 10.1. The first kappa shape index (κ1) is 13.5. The summed E-state index contributed by atoms with van der Waals surface area (Å²) in [6.45, 7) is 2.26. The molecule has 0 spiro atoms. The zero-order valence-corrected chi connectivity index (χ0v) is 10.8. The summed E-state index contributed by atoms with van der Waals surface area (Å²) >= 11 is 0. The second-order valence-corrected chi connectivity index (χ2v) is 4.74. The van der Waals surface area contributed by atoms with Crippen LogP contribution in [0.4, 0.5) is 0 Å². The Morgan fingerprint density at radius 2 is 2.21 bits per heavy atom. The number of carbonyl (C=O) groups excluding carboxylic acids is 1. The quantitative estimate of drug-likeness (QED) is 0.864. The largest absolute Gasteiger partial charge is 0.478 e. The van der Waals surface area contributed by atoms with E-state index in [0.717, 1.165) is 18.4 Å². The number of rotatable bonds is 4. The normalized spacial score (nSPS) is 22.2. The maximum Gasteiger partial charge on any atom is 0.335 e. The minimum atomic E-state index is -0.971. The number of carbonyl (C=O) groups is 2. The van der Waals surface area contributed by atoms with Crippen LogP contribution >= 0.6 is 0 Å². The Hall–Kier alpha value is -1.88. The molecule has 1 saturated heterocycles. The summed E-state index contributed by atoms with van der Waals surface area (Å²) < 4.78 is 5.47. The predicted octanol–water partition coefficient (Wildman–Crippen LogP) is 1.57. The number of ether oxygens (including phenoxy) is 1. The zero-order valence-electron chi connectivity index (χ0n) is 10.8. The van der Waals surface area contributed by atoms with Crippen molar-refractivity contribution in [3.8, 4) is 0 Å². The second kappa shape index (κ2) is 5.84. The first-order valence-electron chi connectivity index (χ1n) is 6.31. The van der Waals surface area contributed by atoms with Crippen molar-refractivity contribution < 1.29 is 19.4 Å². The molecule has 0 radical (unpaired) electrons. The van der Waals surface area contributed by atoms with E-state index in [2.05, 4.69) is 5.32 Å². The maximum absolute atomic E-state index is 11.8. The van der Waals surface area contributed by atoms with Gasteiger partial charge in [-0.2, -0.15) is 0 Å². The lowest BCUT2D eigenvalue weighted by Gasteiger charge is -2.11. The molecule has 102 valence electrons. The summed E-state index contributed by atoms with van der Waals surface area (Å²) in [4.78, 5) is 22.7. The van der Waals surface area contributed by atoms with Crippen LogP contribution in [0.25, 0.3) is 0 Å². The van der Waals surface area contributed by atoms with Crippen LogP contribution in [0.3, 0.4) is 0 Å². The van der Waals surface area contributed by atoms with Gasteiger partial charge in [0.1, 0.15) is 6.10 Å². The van der Waals surface area contributed by atoms with Gasteiger partial charge in [-0.05, 0) is 37.5 Å². The zero-order chi connectivity index (χ0) is 13.8. The number of benzene rings is 1. The van der Waals surface area contributed by atoms with Gasteiger partial charge in [-0.3, -0.25) is 4.79 Å². The molecule has 2 rings (SSSR count). The van der Waals surface area contributed by atoms with Gasteiger partial charge < -0.3 is 15.2 Å². The smallest absolute Gasteiger partial charge is 0.335 e. The number of aromatic carboxylic acids is 1. The average Bonchev–Trinajstić information content (AvgIpc) is 2.83. The van der Waals surface area contributed by atoms with Gasteiger partial charge in [0.2, 0.25) is 5.91 Å². The Morgan fingerprint density at radius 1 is 1.42 bits per heavy atom. The van der Waals surface area contributed by atoms with Crippen molar-refractivity contribution >= 4 is 11.9 Å². The van der Waals surface area contributed by atoms with E-state index in [9.17, 15) is 9.59 Å². The first-order valence-corrected chi connectivity index (χ1v) is 6.31. The van der Waals surface area contributed by atoms with E-state index >= 15 is 0 Å². The summed E-state index contributed by atoms with van der Waals surface area (Å²) in [7, 11) is 0. The molecule has 0 saturated carbocycles. The van der Waals surface area contributed by atoms with Gasteiger partial charge in [0, 0.05) is 6.54 Å². The fraction of sp³-hybridized carbons (Fsp3) is 0.429. The van der Waals surface area contributed by atoms with Crippen LogP contribution in [0.1, 0.15) is 35.7 Å². The number of hydrogen-bond donors (Lipinski definition) is 2. The van der Waals surface area contributed by atoms with Crippen molar-refractivity contribution in [2.45, 2.75) is 38.5 Å². The summed E-state index contributed by atoms with van der Waals surface area (Å²) in [5, 5.41) is 11.7. The molecule has 2 N–H and O–H groups in total. The molecular formula is C14H17NO4. The van der Waals surface area contributed by atoms with Crippen LogP contribution in [-0.2, 0) is 16.1 Å². The SMILES string of the molecule is C[C@@H]1CC[C@@H](C(=O)NCc2cccc(C(=O)O)c2)O1. The van der Waals surface area contributed by atoms with E-state index in [1.54, 1.807) is 18.2 Å². The van der Waals surface area contributed by atoms with Crippen LogP contribution < -0.4 is 5.32 Å². The molecule has 0 bridgehead atoms. The van der Waals surface area contributed by atoms with Gasteiger partial charge in [-0.25, -0.2) is 4.79 Å². The van der Waals surface area contributed by atoms with Gasteiger partial charge in [0.25, 0.3) is 0 Å². The molecule has 1 amide bonds. The number of carboxylic acids is 1. The minimum Gasteiger partial charge on any atom is -0.478 e.